The summed E-state index contributed by atoms with van der Waals surface area (Å²) in [6.45, 7) is 8.51. The first-order valence-corrected chi connectivity index (χ1v) is 3.25. The second-order valence-electron chi connectivity index (χ2n) is 2.22. The van der Waals surface area contributed by atoms with Crippen LogP contribution in [0.25, 0.3) is 0 Å². The number of allylic oxidation sites excluding steroid dienone is 2. The predicted molar refractivity (Wildman–Crippen MR) is 40.2 cm³/mol. The van der Waals surface area contributed by atoms with Gasteiger partial charge in [0.15, 0.2) is 5.83 Å². The molecule has 0 aromatic rings. The van der Waals surface area contributed by atoms with Crippen molar-refractivity contribution in [3.8, 4) is 0 Å². The summed E-state index contributed by atoms with van der Waals surface area (Å²) >= 11 is 0. The molecule has 0 spiro atoms. The zero-order valence-electron chi connectivity index (χ0n) is 6.65. The normalized spacial score (nSPS) is 11.9. The molecule has 0 heterocycles. The number of ether oxygens (including phenoxy) is 1. The van der Waals surface area contributed by atoms with Crippen LogP contribution in [0.5, 0.6) is 0 Å². The summed E-state index contributed by atoms with van der Waals surface area (Å²) in [6, 6.07) is 0. The van der Waals surface area contributed by atoms with Crippen molar-refractivity contribution in [2.75, 3.05) is 0 Å². The highest BCUT2D eigenvalue weighted by atomic mass is 19.1. The second kappa shape index (κ2) is 4.09. The zero-order chi connectivity index (χ0) is 8.15. The Labute approximate surface area is 61.2 Å². The van der Waals surface area contributed by atoms with E-state index in [9.17, 15) is 4.39 Å². The van der Waals surface area contributed by atoms with Crippen LogP contribution in [0, 0.1) is 0 Å². The van der Waals surface area contributed by atoms with E-state index in [4.69, 9.17) is 4.74 Å². The Bertz CT molecular complexity index is 147. The number of rotatable bonds is 3. The Balaban J connectivity index is 3.99. The average Bonchev–Trinajstić information content (AvgIpc) is 1.81. The molecule has 2 heteroatoms. The fraction of sp³-hybridized carbons (Fsp3) is 0.500. The van der Waals surface area contributed by atoms with Gasteiger partial charge >= 0.3 is 0 Å². The Kier molecular flexibility index (Phi) is 3.77. The molecule has 0 radical (unpaired) electrons. The first-order chi connectivity index (χ1) is 4.57. The third-order valence-electron chi connectivity index (χ3n) is 0.892. The van der Waals surface area contributed by atoms with Crippen molar-refractivity contribution < 1.29 is 9.13 Å². The molecule has 58 valence electrons. The van der Waals surface area contributed by atoms with Crippen molar-refractivity contribution in [3.05, 3.63) is 24.2 Å². The third-order valence-corrected chi connectivity index (χ3v) is 0.892. The number of halogens is 1. The molecule has 0 aliphatic carbocycles. The molecule has 0 saturated carbocycles. The Morgan fingerprint density at radius 1 is 1.60 bits per heavy atom. The SMILES string of the molecule is C=C(F)/C(=C\C)OC(C)C. The summed E-state index contributed by atoms with van der Waals surface area (Å²) in [5, 5.41) is 0. The van der Waals surface area contributed by atoms with Crippen molar-refractivity contribution in [1.82, 2.24) is 0 Å². The lowest BCUT2D eigenvalue weighted by Gasteiger charge is -2.10. The Morgan fingerprint density at radius 2 is 2.10 bits per heavy atom. The average molecular weight is 144 g/mol. The molecule has 0 rings (SSSR count). The van der Waals surface area contributed by atoms with Gasteiger partial charge in [0.25, 0.3) is 0 Å². The lowest BCUT2D eigenvalue weighted by Crippen LogP contribution is -2.01. The molecule has 0 unspecified atom stereocenters. The highest BCUT2D eigenvalue weighted by Crippen LogP contribution is 2.12. The van der Waals surface area contributed by atoms with Crippen LogP contribution < -0.4 is 0 Å². The van der Waals surface area contributed by atoms with Crippen LogP contribution in [0.15, 0.2) is 24.2 Å². The molecule has 10 heavy (non-hydrogen) atoms. The highest BCUT2D eigenvalue weighted by Gasteiger charge is 2.02. The van der Waals surface area contributed by atoms with Gasteiger partial charge in [-0.3, -0.25) is 0 Å². The maximum absolute atomic E-state index is 12.3. The first kappa shape index (κ1) is 9.21. The summed E-state index contributed by atoms with van der Waals surface area (Å²) in [7, 11) is 0. The second-order valence-corrected chi connectivity index (χ2v) is 2.22. The van der Waals surface area contributed by atoms with Crippen molar-refractivity contribution >= 4 is 0 Å². The molecule has 0 N–H and O–H groups in total. The fourth-order valence-corrected chi connectivity index (χ4v) is 0.543. The molecule has 0 aromatic heterocycles. The van der Waals surface area contributed by atoms with Crippen molar-refractivity contribution in [2.45, 2.75) is 26.9 Å². The molecule has 0 aliphatic rings. The topological polar surface area (TPSA) is 9.23 Å². The summed E-state index contributed by atoms with van der Waals surface area (Å²) < 4.78 is 17.4. The van der Waals surface area contributed by atoms with E-state index in [0.29, 0.717) is 0 Å². The van der Waals surface area contributed by atoms with Crippen LogP contribution in [0.1, 0.15) is 20.8 Å². The van der Waals surface area contributed by atoms with E-state index in [2.05, 4.69) is 6.58 Å². The van der Waals surface area contributed by atoms with Crippen molar-refractivity contribution in [2.24, 2.45) is 0 Å². The van der Waals surface area contributed by atoms with Crippen LogP contribution >= 0.6 is 0 Å². The van der Waals surface area contributed by atoms with Gasteiger partial charge in [-0.2, -0.15) is 0 Å². The lowest BCUT2D eigenvalue weighted by molar-refractivity contribution is 0.146. The third kappa shape index (κ3) is 3.28. The van der Waals surface area contributed by atoms with E-state index >= 15 is 0 Å². The van der Waals surface area contributed by atoms with Gasteiger partial charge < -0.3 is 4.74 Å². The molecule has 1 nitrogen and oxygen atoms in total. The van der Waals surface area contributed by atoms with Crippen LogP contribution in [0.4, 0.5) is 4.39 Å². The van der Waals surface area contributed by atoms with Crippen LogP contribution in [-0.2, 0) is 4.74 Å². The first-order valence-electron chi connectivity index (χ1n) is 3.25. The maximum Gasteiger partial charge on any atom is 0.157 e. The summed E-state index contributed by atoms with van der Waals surface area (Å²) in [4.78, 5) is 0. The summed E-state index contributed by atoms with van der Waals surface area (Å²) in [6.07, 6.45) is 1.56. The van der Waals surface area contributed by atoms with Crippen molar-refractivity contribution in [1.29, 1.82) is 0 Å². The molecule has 0 amide bonds. The largest absolute Gasteiger partial charge is 0.488 e. The molecule has 0 aromatic carbocycles. The quantitative estimate of drug-likeness (QED) is 0.437. The summed E-state index contributed by atoms with van der Waals surface area (Å²) in [5.74, 6) is -0.286. The fourth-order valence-electron chi connectivity index (χ4n) is 0.543. The van der Waals surface area contributed by atoms with Gasteiger partial charge in [-0.15, -0.1) is 0 Å². The molecular formula is C8H13FO. The number of hydrogen-bond acceptors (Lipinski definition) is 1. The zero-order valence-corrected chi connectivity index (χ0v) is 6.65. The number of hydrogen-bond donors (Lipinski definition) is 0. The Hall–Kier alpha value is -0.790. The van der Waals surface area contributed by atoms with Gasteiger partial charge in [0, 0.05) is 0 Å². The van der Waals surface area contributed by atoms with Gasteiger partial charge in [0.2, 0.25) is 0 Å². The maximum atomic E-state index is 12.3. The van der Waals surface area contributed by atoms with Crippen molar-refractivity contribution in [3.63, 3.8) is 0 Å². The van der Waals surface area contributed by atoms with Gasteiger partial charge in [0.1, 0.15) is 5.76 Å². The smallest absolute Gasteiger partial charge is 0.157 e. The van der Waals surface area contributed by atoms with Gasteiger partial charge in [-0.1, -0.05) is 6.58 Å². The van der Waals surface area contributed by atoms with Gasteiger partial charge in [0.05, 0.1) is 6.10 Å². The summed E-state index contributed by atoms with van der Waals surface area (Å²) in [5.41, 5.74) is 0. The molecule has 0 atom stereocenters. The minimum absolute atomic E-state index is 0.00120. The van der Waals surface area contributed by atoms with Crippen LogP contribution in [-0.4, -0.2) is 6.10 Å². The van der Waals surface area contributed by atoms with E-state index in [0.717, 1.165) is 0 Å². The highest BCUT2D eigenvalue weighted by molar-refractivity contribution is 5.14. The molecule has 0 saturated heterocycles. The van der Waals surface area contributed by atoms with Crippen LogP contribution in [0.2, 0.25) is 0 Å². The molecule has 0 fully saturated rings. The minimum atomic E-state index is -0.517. The van der Waals surface area contributed by atoms with Gasteiger partial charge in [-0.05, 0) is 26.8 Å². The van der Waals surface area contributed by atoms with Gasteiger partial charge in [-0.25, -0.2) is 4.39 Å². The monoisotopic (exact) mass is 144 g/mol. The lowest BCUT2D eigenvalue weighted by atomic mass is 10.4. The molecule has 0 aliphatic heterocycles. The van der Waals surface area contributed by atoms with Crippen LogP contribution in [0.3, 0.4) is 0 Å². The van der Waals surface area contributed by atoms with E-state index < -0.39 is 5.83 Å². The van der Waals surface area contributed by atoms with E-state index in [1.807, 2.05) is 13.8 Å². The Morgan fingerprint density at radius 3 is 2.20 bits per heavy atom. The molecular weight excluding hydrogens is 131 g/mol. The minimum Gasteiger partial charge on any atom is -0.488 e. The van der Waals surface area contributed by atoms with E-state index in [-0.39, 0.29) is 11.9 Å². The predicted octanol–water partition coefficient (Wildman–Crippen LogP) is 2.80. The van der Waals surface area contributed by atoms with E-state index in [1.165, 1.54) is 0 Å². The molecule has 0 bridgehead atoms. The van der Waals surface area contributed by atoms with E-state index in [1.54, 1.807) is 13.0 Å². The standard InChI is InChI=1S/C8H13FO/c1-5-8(7(4)9)10-6(2)3/h5-6H,4H2,1-3H3/b8-5+.